The number of likely N-dealkylation sites (tertiary alicyclic amines) is 1. The highest BCUT2D eigenvalue weighted by Gasteiger charge is 2.36. The van der Waals surface area contributed by atoms with Crippen LogP contribution in [0.2, 0.25) is 0 Å². The van der Waals surface area contributed by atoms with Crippen molar-refractivity contribution in [1.29, 1.82) is 0 Å². The molecule has 1 saturated heterocycles. The highest BCUT2D eigenvalue weighted by atomic mass is 16.5. The second-order valence-corrected chi connectivity index (χ2v) is 10.9. The minimum atomic E-state index is -0.654. The molecule has 0 bridgehead atoms. The predicted octanol–water partition coefficient (Wildman–Crippen LogP) is 4.94. The third-order valence-corrected chi connectivity index (χ3v) is 7.40. The molecule has 3 amide bonds. The van der Waals surface area contributed by atoms with Gasteiger partial charge in [0.1, 0.15) is 11.8 Å². The first-order chi connectivity index (χ1) is 18.8. The van der Waals surface area contributed by atoms with Crippen LogP contribution in [-0.4, -0.2) is 47.5 Å². The number of nitrogens with one attached hydrogen (secondary N) is 2. The zero-order chi connectivity index (χ0) is 28.4. The molecular weight excluding hydrogens is 494 g/mol. The standard InChI is InChI=1S/C31H43N3O5/c1-5-10-26(30(36)33-38)27(17-21(2)3)29(35)32-28-15-6-7-16-34(31(28)37)20-22-11-8-12-23(18-22)24-13-9-14-25(19-24)39-4/h8-9,11-14,18-19,21,26-28,38H,5-7,10,15-17,20H2,1-4H3,(H,32,35)(H,33,36)/t26-,27?,28?/m0/s1. The molecular formula is C31H43N3O5. The summed E-state index contributed by atoms with van der Waals surface area (Å²) in [5, 5.41) is 12.3. The van der Waals surface area contributed by atoms with Crippen molar-refractivity contribution in [2.24, 2.45) is 17.8 Å². The fourth-order valence-corrected chi connectivity index (χ4v) is 5.42. The van der Waals surface area contributed by atoms with Gasteiger partial charge in [-0.25, -0.2) is 5.48 Å². The monoisotopic (exact) mass is 537 g/mol. The van der Waals surface area contributed by atoms with Gasteiger partial charge in [-0.2, -0.15) is 0 Å². The minimum absolute atomic E-state index is 0.102. The molecule has 1 aliphatic rings. The normalized spacial score (nSPS) is 17.3. The summed E-state index contributed by atoms with van der Waals surface area (Å²) in [6, 6.07) is 15.4. The van der Waals surface area contributed by atoms with E-state index in [9.17, 15) is 19.6 Å². The van der Waals surface area contributed by atoms with Crippen LogP contribution in [0, 0.1) is 17.8 Å². The summed E-state index contributed by atoms with van der Waals surface area (Å²) in [7, 11) is 1.64. The van der Waals surface area contributed by atoms with Crippen LogP contribution in [0.4, 0.5) is 0 Å². The number of rotatable bonds is 12. The lowest BCUT2D eigenvalue weighted by molar-refractivity contribution is -0.143. The molecule has 1 heterocycles. The van der Waals surface area contributed by atoms with Gasteiger partial charge in [-0.3, -0.25) is 19.6 Å². The fourth-order valence-electron chi connectivity index (χ4n) is 5.42. The molecule has 8 nitrogen and oxygen atoms in total. The van der Waals surface area contributed by atoms with E-state index in [1.807, 2.05) is 68.1 Å². The Labute approximate surface area is 232 Å². The molecule has 0 aromatic heterocycles. The Morgan fingerprint density at radius 2 is 1.77 bits per heavy atom. The van der Waals surface area contributed by atoms with Gasteiger partial charge in [0, 0.05) is 19.0 Å². The second-order valence-electron chi connectivity index (χ2n) is 10.9. The zero-order valence-corrected chi connectivity index (χ0v) is 23.6. The number of carbonyl (C=O) groups excluding carboxylic acids is 3. The summed E-state index contributed by atoms with van der Waals surface area (Å²) >= 11 is 0. The highest BCUT2D eigenvalue weighted by Crippen LogP contribution is 2.28. The van der Waals surface area contributed by atoms with E-state index in [1.165, 1.54) is 0 Å². The molecule has 2 aromatic rings. The number of nitrogens with zero attached hydrogens (tertiary/aromatic N) is 1. The number of hydroxylamine groups is 1. The van der Waals surface area contributed by atoms with E-state index in [1.54, 1.807) is 12.6 Å². The molecule has 3 rings (SSSR count). The maximum atomic E-state index is 13.6. The molecule has 0 radical (unpaired) electrons. The van der Waals surface area contributed by atoms with Crippen molar-refractivity contribution in [2.45, 2.75) is 71.9 Å². The van der Waals surface area contributed by atoms with E-state index in [0.717, 1.165) is 35.3 Å². The van der Waals surface area contributed by atoms with Gasteiger partial charge in [-0.05, 0) is 72.9 Å². The summed E-state index contributed by atoms with van der Waals surface area (Å²) in [6.45, 7) is 7.01. The summed E-state index contributed by atoms with van der Waals surface area (Å²) in [5.74, 6) is -1.28. The summed E-state index contributed by atoms with van der Waals surface area (Å²) in [5.41, 5.74) is 4.82. The number of benzene rings is 2. The molecule has 0 saturated carbocycles. The first kappa shape index (κ1) is 30.2. The van der Waals surface area contributed by atoms with Crippen LogP contribution in [0.15, 0.2) is 48.5 Å². The number of hydrogen-bond donors (Lipinski definition) is 3. The van der Waals surface area contributed by atoms with E-state index in [-0.39, 0.29) is 17.7 Å². The van der Waals surface area contributed by atoms with Crippen LogP contribution >= 0.6 is 0 Å². The Kier molecular flexibility index (Phi) is 11.3. The van der Waals surface area contributed by atoms with E-state index in [4.69, 9.17) is 4.74 Å². The third kappa shape index (κ3) is 8.30. The van der Waals surface area contributed by atoms with Crippen LogP contribution in [0.1, 0.15) is 64.9 Å². The summed E-state index contributed by atoms with van der Waals surface area (Å²) < 4.78 is 5.36. The van der Waals surface area contributed by atoms with E-state index < -0.39 is 23.8 Å². The van der Waals surface area contributed by atoms with Crippen LogP contribution in [0.5, 0.6) is 5.75 Å². The average molecular weight is 538 g/mol. The minimum Gasteiger partial charge on any atom is -0.497 e. The maximum absolute atomic E-state index is 13.6. The van der Waals surface area contributed by atoms with Crippen molar-refractivity contribution in [3.05, 3.63) is 54.1 Å². The van der Waals surface area contributed by atoms with Gasteiger partial charge in [-0.1, -0.05) is 57.5 Å². The molecule has 8 heteroatoms. The average Bonchev–Trinajstić information content (AvgIpc) is 3.11. The topological polar surface area (TPSA) is 108 Å². The Morgan fingerprint density at radius 3 is 2.44 bits per heavy atom. The van der Waals surface area contributed by atoms with Crippen LogP contribution in [-0.2, 0) is 20.9 Å². The number of amides is 3. The molecule has 212 valence electrons. The molecule has 39 heavy (non-hydrogen) atoms. The lowest BCUT2D eigenvalue weighted by Gasteiger charge is -2.29. The maximum Gasteiger partial charge on any atom is 0.247 e. The number of methoxy groups -OCH3 is 1. The first-order valence-electron chi connectivity index (χ1n) is 14.0. The van der Waals surface area contributed by atoms with Crippen LogP contribution in [0.3, 0.4) is 0 Å². The predicted molar refractivity (Wildman–Crippen MR) is 151 cm³/mol. The Morgan fingerprint density at radius 1 is 1.05 bits per heavy atom. The lowest BCUT2D eigenvalue weighted by atomic mass is 9.81. The van der Waals surface area contributed by atoms with Gasteiger partial charge in [-0.15, -0.1) is 0 Å². The van der Waals surface area contributed by atoms with Crippen molar-refractivity contribution in [2.75, 3.05) is 13.7 Å². The van der Waals surface area contributed by atoms with Gasteiger partial charge in [0.05, 0.1) is 13.0 Å². The molecule has 2 aromatic carbocycles. The van der Waals surface area contributed by atoms with Crippen LogP contribution in [0.25, 0.3) is 11.1 Å². The van der Waals surface area contributed by atoms with Crippen molar-refractivity contribution in [1.82, 2.24) is 15.7 Å². The number of hydrogen-bond acceptors (Lipinski definition) is 5. The van der Waals surface area contributed by atoms with Crippen molar-refractivity contribution >= 4 is 17.7 Å². The third-order valence-electron chi connectivity index (χ3n) is 7.40. The Hall–Kier alpha value is -3.39. The van der Waals surface area contributed by atoms with E-state index in [0.29, 0.717) is 38.8 Å². The largest absolute Gasteiger partial charge is 0.497 e. The number of ether oxygens (including phenoxy) is 1. The number of carbonyl (C=O) groups is 3. The smallest absolute Gasteiger partial charge is 0.247 e. The zero-order valence-electron chi connectivity index (χ0n) is 23.6. The lowest BCUT2D eigenvalue weighted by Crippen LogP contribution is -2.51. The molecule has 1 aliphatic heterocycles. The van der Waals surface area contributed by atoms with Crippen molar-refractivity contribution < 1.29 is 24.3 Å². The SMILES string of the molecule is CCC[C@H](C(=O)NO)C(CC(C)C)C(=O)NC1CCCCN(Cc2cccc(-c3cccc(OC)c3)c2)C1=O. The highest BCUT2D eigenvalue weighted by molar-refractivity contribution is 5.91. The first-order valence-corrected chi connectivity index (χ1v) is 14.0. The van der Waals surface area contributed by atoms with Gasteiger partial charge >= 0.3 is 0 Å². The van der Waals surface area contributed by atoms with Crippen molar-refractivity contribution in [3.63, 3.8) is 0 Å². The fraction of sp³-hybridized carbons (Fsp3) is 0.516. The summed E-state index contributed by atoms with van der Waals surface area (Å²) in [4.78, 5) is 41.4. The van der Waals surface area contributed by atoms with E-state index in [2.05, 4.69) is 11.4 Å². The van der Waals surface area contributed by atoms with Gasteiger partial charge in [0.25, 0.3) is 0 Å². The van der Waals surface area contributed by atoms with E-state index >= 15 is 0 Å². The molecule has 3 atom stereocenters. The second kappa shape index (κ2) is 14.7. The van der Waals surface area contributed by atoms with Crippen molar-refractivity contribution in [3.8, 4) is 16.9 Å². The summed E-state index contributed by atoms with van der Waals surface area (Å²) in [6.07, 6.45) is 3.90. The Balaban J connectivity index is 1.76. The molecule has 1 fully saturated rings. The Bertz CT molecular complexity index is 1120. The molecule has 0 spiro atoms. The molecule has 2 unspecified atom stereocenters. The van der Waals surface area contributed by atoms with Gasteiger partial charge in [0.2, 0.25) is 17.7 Å². The molecule has 0 aliphatic carbocycles. The molecule has 3 N–H and O–H groups in total. The van der Waals surface area contributed by atoms with Gasteiger partial charge < -0.3 is 15.0 Å². The quantitative estimate of drug-likeness (QED) is 0.262. The van der Waals surface area contributed by atoms with Gasteiger partial charge in [0.15, 0.2) is 0 Å². The van der Waals surface area contributed by atoms with Crippen LogP contribution < -0.4 is 15.5 Å².